The van der Waals surface area contributed by atoms with E-state index in [0.29, 0.717) is 25.2 Å². The van der Waals surface area contributed by atoms with Crippen molar-refractivity contribution in [2.45, 2.75) is 65.1 Å². The third-order valence-corrected chi connectivity index (χ3v) is 4.63. The van der Waals surface area contributed by atoms with Crippen LogP contribution in [0.4, 0.5) is 0 Å². The second-order valence-electron chi connectivity index (χ2n) is 6.51. The highest BCUT2D eigenvalue weighted by atomic mass is 16.5. The molecule has 0 radical (unpaired) electrons. The minimum atomic E-state index is -0.438. The van der Waals surface area contributed by atoms with Gasteiger partial charge in [0.2, 0.25) is 0 Å². The standard InChI is InChI=1S/C18H29NO2/c1-13-7-5-8-14(2)18(13)21-12-17(20)11-19-15(3)9-6-10-16(19)4/h5,7-8,15-17,20H,6,9-12H2,1-4H3/t15-,16-,17+/m0/s1. The highest BCUT2D eigenvalue weighted by Crippen LogP contribution is 2.24. The van der Waals surface area contributed by atoms with Gasteiger partial charge in [-0.2, -0.15) is 0 Å². The minimum Gasteiger partial charge on any atom is -0.490 e. The number of β-amino-alcohol motifs (C(OH)–C–C–N with tert-alkyl or cyclic N) is 1. The number of ether oxygens (including phenoxy) is 1. The molecule has 2 rings (SSSR count). The molecule has 0 saturated carbocycles. The van der Waals surface area contributed by atoms with E-state index in [1.807, 2.05) is 32.0 Å². The highest BCUT2D eigenvalue weighted by Gasteiger charge is 2.26. The Kier molecular flexibility index (Phi) is 5.65. The van der Waals surface area contributed by atoms with E-state index in [2.05, 4.69) is 18.7 Å². The first-order valence-corrected chi connectivity index (χ1v) is 8.12. The summed E-state index contributed by atoms with van der Waals surface area (Å²) in [5.74, 6) is 0.913. The number of piperidine rings is 1. The summed E-state index contributed by atoms with van der Waals surface area (Å²) in [6, 6.07) is 7.24. The molecule has 1 aromatic rings. The molecule has 1 aromatic carbocycles. The summed E-state index contributed by atoms with van der Waals surface area (Å²) in [6.07, 6.45) is 3.32. The fourth-order valence-corrected chi connectivity index (χ4v) is 3.34. The fourth-order valence-electron chi connectivity index (χ4n) is 3.34. The van der Waals surface area contributed by atoms with Crippen LogP contribution in [0.1, 0.15) is 44.2 Å². The SMILES string of the molecule is Cc1cccc(C)c1OC[C@H](O)CN1[C@@H](C)CCC[C@@H]1C. The molecular formula is C18H29NO2. The third-order valence-electron chi connectivity index (χ3n) is 4.63. The number of rotatable bonds is 5. The molecule has 21 heavy (non-hydrogen) atoms. The van der Waals surface area contributed by atoms with Gasteiger partial charge in [0.1, 0.15) is 18.5 Å². The van der Waals surface area contributed by atoms with Crippen molar-refractivity contribution in [2.75, 3.05) is 13.2 Å². The summed E-state index contributed by atoms with van der Waals surface area (Å²) >= 11 is 0. The van der Waals surface area contributed by atoms with E-state index < -0.39 is 6.10 Å². The average molecular weight is 291 g/mol. The highest BCUT2D eigenvalue weighted by molar-refractivity contribution is 5.39. The number of hydrogen-bond acceptors (Lipinski definition) is 3. The van der Waals surface area contributed by atoms with Crippen LogP contribution in [-0.2, 0) is 0 Å². The van der Waals surface area contributed by atoms with Crippen molar-refractivity contribution in [3.63, 3.8) is 0 Å². The van der Waals surface area contributed by atoms with Gasteiger partial charge in [-0.25, -0.2) is 0 Å². The molecule has 0 amide bonds. The van der Waals surface area contributed by atoms with Gasteiger partial charge in [-0.3, -0.25) is 4.90 Å². The van der Waals surface area contributed by atoms with Gasteiger partial charge in [0.25, 0.3) is 0 Å². The van der Waals surface area contributed by atoms with Gasteiger partial charge in [-0.1, -0.05) is 24.6 Å². The van der Waals surface area contributed by atoms with E-state index in [-0.39, 0.29) is 0 Å². The summed E-state index contributed by atoms with van der Waals surface area (Å²) in [5, 5.41) is 10.3. The molecule has 0 aromatic heterocycles. The van der Waals surface area contributed by atoms with Crippen molar-refractivity contribution in [1.29, 1.82) is 0 Å². The zero-order chi connectivity index (χ0) is 15.4. The molecule has 0 unspecified atom stereocenters. The first-order valence-electron chi connectivity index (χ1n) is 8.12. The lowest BCUT2D eigenvalue weighted by Crippen LogP contribution is -2.48. The first kappa shape index (κ1) is 16.3. The predicted molar refractivity (Wildman–Crippen MR) is 86.9 cm³/mol. The zero-order valence-corrected chi connectivity index (χ0v) is 13.8. The number of nitrogens with zero attached hydrogens (tertiary/aromatic N) is 1. The predicted octanol–water partition coefficient (Wildman–Crippen LogP) is 3.31. The van der Waals surface area contributed by atoms with Gasteiger partial charge in [0.05, 0.1) is 0 Å². The molecule has 3 heteroatoms. The Hall–Kier alpha value is -1.06. The maximum Gasteiger partial charge on any atom is 0.125 e. The van der Waals surface area contributed by atoms with E-state index in [1.165, 1.54) is 19.3 Å². The molecule has 1 heterocycles. The lowest BCUT2D eigenvalue weighted by atomic mass is 9.97. The van der Waals surface area contributed by atoms with E-state index in [9.17, 15) is 5.11 Å². The quantitative estimate of drug-likeness (QED) is 0.903. The normalized spacial score (nSPS) is 24.8. The number of benzene rings is 1. The summed E-state index contributed by atoms with van der Waals surface area (Å²) in [7, 11) is 0. The van der Waals surface area contributed by atoms with Gasteiger partial charge < -0.3 is 9.84 Å². The Bertz CT molecular complexity index is 430. The van der Waals surface area contributed by atoms with Crippen molar-refractivity contribution in [2.24, 2.45) is 0 Å². The summed E-state index contributed by atoms with van der Waals surface area (Å²) < 4.78 is 5.86. The molecule has 3 nitrogen and oxygen atoms in total. The second kappa shape index (κ2) is 7.28. The van der Waals surface area contributed by atoms with Crippen LogP contribution >= 0.6 is 0 Å². The monoisotopic (exact) mass is 291 g/mol. The van der Waals surface area contributed by atoms with Gasteiger partial charge in [0.15, 0.2) is 0 Å². The summed E-state index contributed by atoms with van der Waals surface area (Å²) in [4.78, 5) is 2.42. The molecule has 118 valence electrons. The molecule has 1 saturated heterocycles. The minimum absolute atomic E-state index is 0.363. The van der Waals surface area contributed by atoms with Crippen LogP contribution < -0.4 is 4.74 Å². The lowest BCUT2D eigenvalue weighted by Gasteiger charge is -2.40. The molecule has 0 bridgehead atoms. The van der Waals surface area contributed by atoms with E-state index >= 15 is 0 Å². The summed E-state index contributed by atoms with van der Waals surface area (Å²) in [6.45, 7) is 9.67. The van der Waals surface area contributed by atoms with Gasteiger partial charge in [0, 0.05) is 18.6 Å². The van der Waals surface area contributed by atoms with Crippen LogP contribution in [0.5, 0.6) is 5.75 Å². The van der Waals surface area contributed by atoms with Crippen LogP contribution in [-0.4, -0.2) is 41.3 Å². The Labute approximate surface area is 128 Å². The van der Waals surface area contributed by atoms with Gasteiger partial charge in [-0.05, 0) is 51.7 Å². The molecule has 0 aliphatic carbocycles. The van der Waals surface area contributed by atoms with Crippen LogP contribution in [0.25, 0.3) is 0 Å². The molecule has 1 aliphatic heterocycles. The van der Waals surface area contributed by atoms with Gasteiger partial charge in [-0.15, -0.1) is 0 Å². The first-order chi connectivity index (χ1) is 9.99. The number of aliphatic hydroxyl groups excluding tert-OH is 1. The molecule has 1 fully saturated rings. The van der Waals surface area contributed by atoms with Crippen molar-refractivity contribution in [3.8, 4) is 5.75 Å². The zero-order valence-electron chi connectivity index (χ0n) is 13.8. The molecular weight excluding hydrogens is 262 g/mol. The van der Waals surface area contributed by atoms with Crippen LogP contribution in [0.15, 0.2) is 18.2 Å². The van der Waals surface area contributed by atoms with Crippen molar-refractivity contribution in [3.05, 3.63) is 29.3 Å². The largest absolute Gasteiger partial charge is 0.490 e. The van der Waals surface area contributed by atoms with Gasteiger partial charge >= 0.3 is 0 Å². The fraction of sp³-hybridized carbons (Fsp3) is 0.667. The maximum atomic E-state index is 10.3. The Morgan fingerprint density at radius 3 is 2.33 bits per heavy atom. The summed E-state index contributed by atoms with van der Waals surface area (Å²) in [5.41, 5.74) is 2.25. The van der Waals surface area contributed by atoms with Crippen molar-refractivity contribution in [1.82, 2.24) is 4.90 Å². The number of aliphatic hydroxyl groups is 1. The van der Waals surface area contributed by atoms with Crippen molar-refractivity contribution < 1.29 is 9.84 Å². The number of hydrogen-bond donors (Lipinski definition) is 1. The topological polar surface area (TPSA) is 32.7 Å². The maximum absolute atomic E-state index is 10.3. The number of aryl methyl sites for hydroxylation is 2. The second-order valence-corrected chi connectivity index (χ2v) is 6.51. The molecule has 1 aliphatic rings. The number of para-hydroxylation sites is 1. The van der Waals surface area contributed by atoms with E-state index in [0.717, 1.165) is 16.9 Å². The Morgan fingerprint density at radius 1 is 1.19 bits per heavy atom. The molecule has 3 atom stereocenters. The van der Waals surface area contributed by atoms with Crippen molar-refractivity contribution >= 4 is 0 Å². The lowest BCUT2D eigenvalue weighted by molar-refractivity contribution is 0.0206. The molecule has 0 spiro atoms. The Balaban J connectivity index is 1.88. The molecule has 1 N–H and O–H groups in total. The van der Waals surface area contributed by atoms with Crippen LogP contribution in [0.2, 0.25) is 0 Å². The van der Waals surface area contributed by atoms with E-state index in [4.69, 9.17) is 4.74 Å². The van der Waals surface area contributed by atoms with E-state index in [1.54, 1.807) is 0 Å². The average Bonchev–Trinajstić information content (AvgIpc) is 2.42. The number of likely N-dealkylation sites (tertiary alicyclic amines) is 1. The van der Waals surface area contributed by atoms with Crippen LogP contribution in [0, 0.1) is 13.8 Å². The van der Waals surface area contributed by atoms with Crippen LogP contribution in [0.3, 0.4) is 0 Å². The third kappa shape index (κ3) is 4.21. The Morgan fingerprint density at radius 2 is 1.76 bits per heavy atom. The smallest absolute Gasteiger partial charge is 0.125 e.